The molecule has 0 radical (unpaired) electrons. The van der Waals surface area contributed by atoms with E-state index in [1.165, 1.54) is 18.2 Å². The number of carbonyl (C=O) groups excluding carboxylic acids is 3. The van der Waals surface area contributed by atoms with E-state index in [4.69, 9.17) is 4.74 Å². The summed E-state index contributed by atoms with van der Waals surface area (Å²) in [5.41, 5.74) is 1.54. The number of nitrogens with zero attached hydrogens (tertiary/aromatic N) is 1. The lowest BCUT2D eigenvalue weighted by atomic mass is 9.86. The smallest absolute Gasteiger partial charge is 0.335 e. The number of benzene rings is 3. The average Bonchev–Trinajstić information content (AvgIpc) is 3.09. The first-order valence-electron chi connectivity index (χ1n) is 14.2. The van der Waals surface area contributed by atoms with Crippen LogP contribution in [0.2, 0.25) is 0 Å². The summed E-state index contributed by atoms with van der Waals surface area (Å²) in [5.74, 6) is -1.39. The number of aromatic carboxylic acids is 1. The molecule has 1 aliphatic rings. The summed E-state index contributed by atoms with van der Waals surface area (Å²) in [5, 5.41) is 17.7. The van der Waals surface area contributed by atoms with Crippen molar-refractivity contribution >= 4 is 29.5 Å². The molecule has 4 N–H and O–H groups in total. The van der Waals surface area contributed by atoms with Gasteiger partial charge in [-0.2, -0.15) is 0 Å². The quantitative estimate of drug-likeness (QED) is 0.295. The number of anilines is 1. The fourth-order valence-corrected chi connectivity index (χ4v) is 5.46. The lowest BCUT2D eigenvalue weighted by Gasteiger charge is -2.33. The minimum Gasteiger partial charge on any atom is -0.496 e. The zero-order valence-electron chi connectivity index (χ0n) is 24.8. The number of ether oxygens (including phenoxy) is 1. The normalized spacial score (nSPS) is 18.7. The van der Waals surface area contributed by atoms with Crippen molar-refractivity contribution in [1.29, 1.82) is 0 Å². The maximum Gasteiger partial charge on any atom is 0.335 e. The minimum absolute atomic E-state index is 0.0151. The van der Waals surface area contributed by atoms with E-state index >= 15 is 0 Å². The number of amides is 4. The molecule has 3 aromatic rings. The van der Waals surface area contributed by atoms with E-state index < -0.39 is 35.5 Å². The molecule has 0 aliphatic carbocycles. The van der Waals surface area contributed by atoms with Crippen LogP contribution in [0.1, 0.15) is 67.1 Å². The van der Waals surface area contributed by atoms with Gasteiger partial charge in [-0.3, -0.25) is 9.59 Å². The van der Waals surface area contributed by atoms with Gasteiger partial charge >= 0.3 is 12.0 Å². The lowest BCUT2D eigenvalue weighted by Crippen LogP contribution is -2.53. The van der Waals surface area contributed by atoms with Crippen molar-refractivity contribution in [2.75, 3.05) is 19.0 Å². The number of rotatable bonds is 8. The zero-order chi connectivity index (χ0) is 31.1. The van der Waals surface area contributed by atoms with Crippen LogP contribution in [0.15, 0.2) is 78.9 Å². The monoisotopic (exact) mass is 586 g/mol. The predicted molar refractivity (Wildman–Crippen MR) is 163 cm³/mol. The van der Waals surface area contributed by atoms with Gasteiger partial charge < -0.3 is 30.7 Å². The summed E-state index contributed by atoms with van der Waals surface area (Å²) < 4.78 is 5.67. The highest BCUT2D eigenvalue weighted by Gasteiger charge is 2.40. The summed E-state index contributed by atoms with van der Waals surface area (Å²) in [7, 11) is 1.59. The molecule has 1 heterocycles. The molecule has 0 bridgehead atoms. The fraction of sp³-hybridized carbons (Fsp3) is 0.333. The fourth-order valence-electron chi connectivity index (χ4n) is 5.46. The molecule has 1 fully saturated rings. The van der Waals surface area contributed by atoms with Crippen LogP contribution in [0.25, 0.3) is 0 Å². The Bertz CT molecular complexity index is 1470. The molecule has 1 saturated heterocycles. The Kier molecular flexibility index (Phi) is 9.70. The molecule has 43 heavy (non-hydrogen) atoms. The van der Waals surface area contributed by atoms with Gasteiger partial charge in [0.05, 0.1) is 18.7 Å². The van der Waals surface area contributed by atoms with E-state index in [0.717, 1.165) is 11.1 Å². The Morgan fingerprint density at radius 1 is 0.953 bits per heavy atom. The van der Waals surface area contributed by atoms with Crippen molar-refractivity contribution in [2.45, 2.75) is 57.2 Å². The van der Waals surface area contributed by atoms with Crippen molar-refractivity contribution < 1.29 is 29.0 Å². The second-order valence-corrected chi connectivity index (χ2v) is 11.6. The molecule has 3 unspecified atom stereocenters. The Balaban J connectivity index is 1.72. The number of likely N-dealkylation sites (tertiary alicyclic amines) is 1. The Hall–Kier alpha value is -4.86. The standard InChI is InChI=1S/C33H38N4O6/c1-33(2,3)36-29(38)20-37-27(21-11-6-5-7-12-21)19-23(25-15-8-9-16-28(25)43-4)18-26(30(37)39)35-32(42)34-24-14-10-13-22(17-24)31(40)41/h5-17,23,26-27H,18-20H2,1-4H3,(H,36,38)(H,40,41)(H2,34,35,42). The SMILES string of the molecule is COc1ccccc1C1CC(NC(=O)Nc2cccc(C(=O)O)c2)C(=O)N(CC(=O)NC(C)(C)C)C(c2ccccc2)C1. The van der Waals surface area contributed by atoms with Gasteiger partial charge in [-0.05, 0) is 74.9 Å². The van der Waals surface area contributed by atoms with Gasteiger partial charge in [-0.1, -0.05) is 54.6 Å². The highest BCUT2D eigenvalue weighted by Crippen LogP contribution is 2.41. The Labute approximate surface area is 251 Å². The van der Waals surface area contributed by atoms with E-state index in [9.17, 15) is 24.3 Å². The van der Waals surface area contributed by atoms with Crippen LogP contribution in [0, 0.1) is 0 Å². The number of hydrogen-bond donors (Lipinski definition) is 4. The molecule has 10 nitrogen and oxygen atoms in total. The zero-order valence-corrected chi connectivity index (χ0v) is 24.8. The van der Waals surface area contributed by atoms with Crippen molar-refractivity contribution in [3.8, 4) is 5.75 Å². The van der Waals surface area contributed by atoms with Crippen LogP contribution in [0.5, 0.6) is 5.75 Å². The molecule has 0 saturated carbocycles. The number of urea groups is 1. The number of carboxylic acids is 1. The molecule has 3 aromatic carbocycles. The molecule has 0 spiro atoms. The summed E-state index contributed by atoms with van der Waals surface area (Å²) >= 11 is 0. The van der Waals surface area contributed by atoms with Crippen LogP contribution in [-0.4, -0.2) is 59.1 Å². The van der Waals surface area contributed by atoms with Crippen LogP contribution in [-0.2, 0) is 9.59 Å². The third kappa shape index (κ3) is 8.12. The number of methoxy groups -OCH3 is 1. The topological polar surface area (TPSA) is 137 Å². The second-order valence-electron chi connectivity index (χ2n) is 11.6. The third-order valence-corrected chi connectivity index (χ3v) is 7.25. The molecule has 226 valence electrons. The van der Waals surface area contributed by atoms with Gasteiger partial charge in [0.2, 0.25) is 11.8 Å². The largest absolute Gasteiger partial charge is 0.496 e. The molecule has 3 atom stereocenters. The highest BCUT2D eigenvalue weighted by atomic mass is 16.5. The van der Waals surface area contributed by atoms with E-state index in [2.05, 4.69) is 16.0 Å². The van der Waals surface area contributed by atoms with Crippen LogP contribution < -0.4 is 20.7 Å². The molecule has 10 heteroatoms. The lowest BCUT2D eigenvalue weighted by molar-refractivity contribution is -0.139. The van der Waals surface area contributed by atoms with Gasteiger partial charge in [-0.15, -0.1) is 0 Å². The number of carboxylic acid groups (broad SMARTS) is 1. The molecular weight excluding hydrogens is 548 g/mol. The van der Waals surface area contributed by atoms with Crippen molar-refractivity contribution in [3.63, 3.8) is 0 Å². The number of carbonyl (C=O) groups is 4. The van der Waals surface area contributed by atoms with Gasteiger partial charge in [-0.25, -0.2) is 9.59 Å². The Morgan fingerprint density at radius 2 is 1.65 bits per heavy atom. The highest BCUT2D eigenvalue weighted by molar-refractivity contribution is 5.96. The number of hydrogen-bond acceptors (Lipinski definition) is 5. The average molecular weight is 587 g/mol. The molecule has 4 rings (SSSR count). The first kappa shape index (κ1) is 31.1. The van der Waals surface area contributed by atoms with Gasteiger partial charge in [0.1, 0.15) is 18.3 Å². The summed E-state index contributed by atoms with van der Waals surface area (Å²) in [6.45, 7) is 5.41. The van der Waals surface area contributed by atoms with E-state index in [0.29, 0.717) is 12.2 Å². The molecule has 1 aliphatic heterocycles. The Morgan fingerprint density at radius 3 is 2.33 bits per heavy atom. The van der Waals surface area contributed by atoms with Crippen molar-refractivity contribution in [3.05, 3.63) is 95.6 Å². The second kappa shape index (κ2) is 13.4. The minimum atomic E-state index is -1.13. The van der Waals surface area contributed by atoms with Crippen molar-refractivity contribution in [1.82, 2.24) is 15.5 Å². The van der Waals surface area contributed by atoms with E-state index in [1.54, 1.807) is 18.1 Å². The van der Waals surface area contributed by atoms with Crippen LogP contribution >= 0.6 is 0 Å². The van der Waals surface area contributed by atoms with Gasteiger partial charge in [0, 0.05) is 11.2 Å². The first-order chi connectivity index (χ1) is 20.4. The molecule has 0 aromatic heterocycles. The van der Waals surface area contributed by atoms with Crippen LogP contribution in [0.4, 0.5) is 10.5 Å². The maximum atomic E-state index is 14.3. The number of para-hydroxylation sites is 1. The predicted octanol–water partition coefficient (Wildman–Crippen LogP) is 4.95. The molecular formula is C33H38N4O6. The summed E-state index contributed by atoms with van der Waals surface area (Å²) in [6.07, 6.45) is 0.738. The van der Waals surface area contributed by atoms with E-state index in [1.807, 2.05) is 75.4 Å². The summed E-state index contributed by atoms with van der Waals surface area (Å²) in [6, 6.07) is 20.8. The number of nitrogens with one attached hydrogen (secondary N) is 3. The van der Waals surface area contributed by atoms with Gasteiger partial charge in [0.25, 0.3) is 0 Å². The summed E-state index contributed by atoms with van der Waals surface area (Å²) in [4.78, 5) is 53.6. The van der Waals surface area contributed by atoms with E-state index in [-0.39, 0.29) is 36.0 Å². The third-order valence-electron chi connectivity index (χ3n) is 7.25. The molecule has 4 amide bonds. The van der Waals surface area contributed by atoms with Crippen LogP contribution in [0.3, 0.4) is 0 Å². The van der Waals surface area contributed by atoms with Gasteiger partial charge in [0.15, 0.2) is 0 Å². The van der Waals surface area contributed by atoms with Crippen molar-refractivity contribution in [2.24, 2.45) is 0 Å². The first-order valence-corrected chi connectivity index (χ1v) is 14.2. The maximum absolute atomic E-state index is 14.3.